The summed E-state index contributed by atoms with van der Waals surface area (Å²) in [6.07, 6.45) is 10.4. The molecule has 0 radical (unpaired) electrons. The van der Waals surface area contributed by atoms with Crippen molar-refractivity contribution >= 4 is 33.7 Å². The lowest BCUT2D eigenvalue weighted by Gasteiger charge is -2.17. The van der Waals surface area contributed by atoms with Gasteiger partial charge >= 0.3 is 0 Å². The van der Waals surface area contributed by atoms with E-state index in [2.05, 4.69) is 40.4 Å². The summed E-state index contributed by atoms with van der Waals surface area (Å²) in [7, 11) is 0. The van der Waals surface area contributed by atoms with Gasteiger partial charge in [0.05, 0.1) is 34.7 Å². The number of fused-ring (bicyclic) bond motifs is 2. The van der Waals surface area contributed by atoms with Crippen LogP contribution in [0.3, 0.4) is 0 Å². The van der Waals surface area contributed by atoms with Crippen molar-refractivity contribution in [1.82, 2.24) is 40.1 Å². The van der Waals surface area contributed by atoms with Crippen molar-refractivity contribution in [2.75, 3.05) is 5.32 Å². The fraction of sp³-hybridized carbons (Fsp3) is 0.148. The molecule has 0 saturated carbocycles. The number of rotatable bonds is 4. The largest absolute Gasteiger partial charge is 0.335 e. The second-order valence-electron chi connectivity index (χ2n) is 9.74. The van der Waals surface area contributed by atoms with Gasteiger partial charge in [0.25, 0.3) is 0 Å². The van der Waals surface area contributed by atoms with Gasteiger partial charge in [-0.1, -0.05) is 26.8 Å². The van der Waals surface area contributed by atoms with E-state index in [4.69, 9.17) is 4.98 Å². The van der Waals surface area contributed by atoms with Crippen LogP contribution in [0.4, 0.5) is 5.69 Å². The molecule has 182 valence electrons. The molecule has 6 heterocycles. The molecule has 0 bridgehead atoms. The highest BCUT2D eigenvalue weighted by molar-refractivity contribution is 5.97. The molecule has 10 heteroatoms. The summed E-state index contributed by atoms with van der Waals surface area (Å²) in [6, 6.07) is 9.60. The van der Waals surface area contributed by atoms with E-state index in [9.17, 15) is 4.79 Å². The number of nitrogens with one attached hydrogen (secondary N) is 3. The zero-order chi connectivity index (χ0) is 25.6. The maximum absolute atomic E-state index is 12.4. The monoisotopic (exact) mass is 489 g/mol. The Bertz CT molecular complexity index is 1760. The van der Waals surface area contributed by atoms with E-state index in [1.54, 1.807) is 37.2 Å². The van der Waals surface area contributed by atoms with E-state index < -0.39 is 5.41 Å². The molecule has 6 rings (SSSR count). The zero-order valence-electron chi connectivity index (χ0n) is 20.4. The van der Waals surface area contributed by atoms with E-state index in [-0.39, 0.29) is 5.91 Å². The molecule has 37 heavy (non-hydrogen) atoms. The number of carbonyl (C=O) groups excluding carboxylic acids is 1. The van der Waals surface area contributed by atoms with E-state index in [0.29, 0.717) is 22.9 Å². The average molecular weight is 490 g/mol. The summed E-state index contributed by atoms with van der Waals surface area (Å²) in [5.74, 6) is 0.510. The highest BCUT2D eigenvalue weighted by atomic mass is 16.2. The molecule has 0 aliphatic heterocycles. The summed E-state index contributed by atoms with van der Waals surface area (Å²) >= 11 is 0. The summed E-state index contributed by atoms with van der Waals surface area (Å²) in [4.78, 5) is 38.3. The minimum absolute atomic E-state index is 0.0819. The first-order chi connectivity index (χ1) is 17.9. The number of aromatic nitrogens is 8. The Morgan fingerprint density at radius 3 is 2.59 bits per heavy atom. The van der Waals surface area contributed by atoms with Crippen LogP contribution in [-0.2, 0) is 4.79 Å². The van der Waals surface area contributed by atoms with E-state index >= 15 is 0 Å². The van der Waals surface area contributed by atoms with Crippen LogP contribution < -0.4 is 5.32 Å². The van der Waals surface area contributed by atoms with Gasteiger partial charge in [0.2, 0.25) is 5.91 Å². The Balaban J connectivity index is 1.40. The van der Waals surface area contributed by atoms with Crippen LogP contribution in [0.25, 0.3) is 56.0 Å². The second kappa shape index (κ2) is 8.59. The van der Waals surface area contributed by atoms with Gasteiger partial charge in [-0.15, -0.1) is 0 Å². The van der Waals surface area contributed by atoms with Crippen LogP contribution in [0, 0.1) is 5.41 Å². The quantitative estimate of drug-likeness (QED) is 0.317. The lowest BCUT2D eigenvalue weighted by Crippen LogP contribution is -2.27. The number of amides is 1. The first-order valence-electron chi connectivity index (χ1n) is 11.7. The summed E-state index contributed by atoms with van der Waals surface area (Å²) in [5, 5.41) is 11.2. The molecular weight excluding hydrogens is 466 g/mol. The zero-order valence-corrected chi connectivity index (χ0v) is 20.4. The van der Waals surface area contributed by atoms with Crippen molar-refractivity contribution in [3.05, 3.63) is 67.5 Å². The first kappa shape index (κ1) is 22.5. The molecule has 0 saturated heterocycles. The van der Waals surface area contributed by atoms with Crippen molar-refractivity contribution in [3.8, 4) is 33.9 Å². The number of carbonyl (C=O) groups is 1. The topological polar surface area (TPSA) is 138 Å². The molecule has 10 nitrogen and oxygen atoms in total. The van der Waals surface area contributed by atoms with Gasteiger partial charge in [-0.25, -0.2) is 9.97 Å². The van der Waals surface area contributed by atoms with E-state index in [1.165, 1.54) is 0 Å². The molecule has 1 amide bonds. The van der Waals surface area contributed by atoms with Gasteiger partial charge < -0.3 is 10.3 Å². The number of H-pyrrole nitrogens is 2. The normalized spacial score (nSPS) is 11.8. The molecule has 0 aromatic carbocycles. The van der Waals surface area contributed by atoms with Gasteiger partial charge in [-0.05, 0) is 24.3 Å². The molecule has 6 aromatic rings. The highest BCUT2D eigenvalue weighted by Crippen LogP contribution is 2.32. The van der Waals surface area contributed by atoms with Crippen LogP contribution in [0.1, 0.15) is 20.8 Å². The fourth-order valence-corrected chi connectivity index (χ4v) is 3.98. The maximum Gasteiger partial charge on any atom is 0.229 e. The third-order valence-corrected chi connectivity index (χ3v) is 5.99. The van der Waals surface area contributed by atoms with Crippen molar-refractivity contribution in [2.24, 2.45) is 5.41 Å². The first-order valence-corrected chi connectivity index (χ1v) is 11.7. The molecule has 3 N–H and O–H groups in total. The van der Waals surface area contributed by atoms with Crippen molar-refractivity contribution in [1.29, 1.82) is 0 Å². The molecule has 0 atom stereocenters. The van der Waals surface area contributed by atoms with Gasteiger partial charge in [-0.3, -0.25) is 24.8 Å². The fourth-order valence-electron chi connectivity index (χ4n) is 3.98. The molecule has 0 unspecified atom stereocenters. The van der Waals surface area contributed by atoms with Crippen LogP contribution in [0.15, 0.2) is 67.5 Å². The summed E-state index contributed by atoms with van der Waals surface area (Å²) < 4.78 is 0. The number of hydrogen-bond acceptors (Lipinski definition) is 7. The second-order valence-corrected chi connectivity index (χ2v) is 9.74. The van der Waals surface area contributed by atoms with Gasteiger partial charge in [0.1, 0.15) is 11.2 Å². The minimum Gasteiger partial charge on any atom is -0.335 e. The molecule has 6 aromatic heterocycles. The van der Waals surface area contributed by atoms with Crippen LogP contribution in [0.5, 0.6) is 0 Å². The van der Waals surface area contributed by atoms with E-state index in [0.717, 1.165) is 38.8 Å². The Labute approximate surface area is 211 Å². The third-order valence-electron chi connectivity index (χ3n) is 5.99. The molecule has 0 spiro atoms. The number of pyridine rings is 4. The van der Waals surface area contributed by atoms with E-state index in [1.807, 2.05) is 51.1 Å². The van der Waals surface area contributed by atoms with Gasteiger partial charge in [0, 0.05) is 46.9 Å². The highest BCUT2D eigenvalue weighted by Gasteiger charge is 2.21. The van der Waals surface area contributed by atoms with Crippen LogP contribution in [-0.4, -0.2) is 46.0 Å². The number of anilines is 1. The molecular formula is C27H23N9O. The standard InChI is InChI=1S/C27H23N9O/c1-27(2,3)26(37)32-17-8-15(10-28-12-17)16-9-18-23(35-36-24(18)31-11-16)25-33-21-14-29-13-19(22(21)34-25)20-6-4-5-7-30-20/h4-14H,1-3H3,(H,32,37)(H,33,34)(H,31,35,36). The Kier molecular flexibility index (Phi) is 5.22. The number of aromatic amines is 2. The summed E-state index contributed by atoms with van der Waals surface area (Å²) in [6.45, 7) is 5.60. The lowest BCUT2D eigenvalue weighted by atomic mass is 9.95. The Hall–Kier alpha value is -4.99. The average Bonchev–Trinajstić information content (AvgIpc) is 3.52. The predicted molar refractivity (Wildman–Crippen MR) is 141 cm³/mol. The lowest BCUT2D eigenvalue weighted by molar-refractivity contribution is -0.123. The van der Waals surface area contributed by atoms with Crippen LogP contribution >= 0.6 is 0 Å². The minimum atomic E-state index is -0.513. The van der Waals surface area contributed by atoms with Crippen LogP contribution in [0.2, 0.25) is 0 Å². The Morgan fingerprint density at radius 2 is 1.78 bits per heavy atom. The number of hydrogen-bond donors (Lipinski definition) is 3. The number of nitrogens with zero attached hydrogens (tertiary/aromatic N) is 6. The van der Waals surface area contributed by atoms with Gasteiger partial charge in [0.15, 0.2) is 11.5 Å². The SMILES string of the molecule is CC(C)(C)C(=O)Nc1cncc(-c2cnc3[nH]nc(-c4nc5c(-c6ccccn6)cncc5[nH]4)c3c2)c1. The molecule has 0 aliphatic rings. The van der Waals surface area contributed by atoms with Crippen molar-refractivity contribution < 1.29 is 4.79 Å². The smallest absolute Gasteiger partial charge is 0.229 e. The third kappa shape index (κ3) is 4.18. The molecule has 0 fully saturated rings. The predicted octanol–water partition coefficient (Wildman–Crippen LogP) is 5.00. The Morgan fingerprint density at radius 1 is 0.946 bits per heavy atom. The van der Waals surface area contributed by atoms with Crippen molar-refractivity contribution in [3.63, 3.8) is 0 Å². The van der Waals surface area contributed by atoms with Gasteiger partial charge in [-0.2, -0.15) is 5.10 Å². The summed E-state index contributed by atoms with van der Waals surface area (Å²) in [5.41, 5.74) is 6.20. The number of imidazole rings is 1. The maximum atomic E-state index is 12.4. The molecule has 0 aliphatic carbocycles. The van der Waals surface area contributed by atoms with Crippen molar-refractivity contribution in [2.45, 2.75) is 20.8 Å².